The van der Waals surface area contributed by atoms with E-state index in [9.17, 15) is 0 Å². The Bertz CT molecular complexity index is 423. The molecule has 1 N–H and O–H groups in total. The van der Waals surface area contributed by atoms with E-state index in [1.807, 2.05) is 11.8 Å². The molecule has 0 aromatic heterocycles. The molecule has 0 unspecified atom stereocenters. The number of nitrogens with zero attached hydrogens (tertiary/aromatic N) is 1. The van der Waals surface area contributed by atoms with E-state index in [1.54, 1.807) is 0 Å². The van der Waals surface area contributed by atoms with Crippen molar-refractivity contribution in [2.75, 3.05) is 11.1 Å². The van der Waals surface area contributed by atoms with Gasteiger partial charge >= 0.3 is 0 Å². The first kappa shape index (κ1) is 14.4. The molecule has 3 heteroatoms. The topological polar surface area (TPSA) is 24.4 Å². The highest BCUT2D eigenvalue weighted by Crippen LogP contribution is 2.24. The smallest absolute Gasteiger partial charge is 0.161 e. The Morgan fingerprint density at radius 3 is 2.63 bits per heavy atom. The maximum absolute atomic E-state index is 4.72. The van der Waals surface area contributed by atoms with Crippen molar-refractivity contribution < 1.29 is 0 Å². The normalized spacial score (nSPS) is 18.7. The maximum atomic E-state index is 4.72. The van der Waals surface area contributed by atoms with Crippen LogP contribution in [0, 0.1) is 5.92 Å². The van der Waals surface area contributed by atoms with Crippen molar-refractivity contribution in [1.82, 2.24) is 0 Å². The van der Waals surface area contributed by atoms with Gasteiger partial charge in [0.15, 0.2) is 5.17 Å². The third kappa shape index (κ3) is 4.27. The van der Waals surface area contributed by atoms with Gasteiger partial charge < -0.3 is 5.32 Å². The largest absolute Gasteiger partial charge is 0.335 e. The Hall–Kier alpha value is -0.960. The fourth-order valence-electron chi connectivity index (χ4n) is 2.06. The molecule has 1 aliphatic heterocycles. The van der Waals surface area contributed by atoms with Gasteiger partial charge in [0.1, 0.15) is 0 Å². The van der Waals surface area contributed by atoms with Crippen LogP contribution in [0.3, 0.4) is 0 Å². The molecule has 1 atom stereocenters. The summed E-state index contributed by atoms with van der Waals surface area (Å²) in [6, 6.07) is 9.24. The van der Waals surface area contributed by atoms with Crippen molar-refractivity contribution in [2.24, 2.45) is 10.9 Å². The Labute approximate surface area is 121 Å². The van der Waals surface area contributed by atoms with Crippen LogP contribution in [0.5, 0.6) is 0 Å². The molecule has 19 heavy (non-hydrogen) atoms. The third-order valence-electron chi connectivity index (χ3n) is 3.47. The molecule has 1 heterocycles. The van der Waals surface area contributed by atoms with Crippen LogP contribution < -0.4 is 5.32 Å². The van der Waals surface area contributed by atoms with Crippen LogP contribution >= 0.6 is 11.8 Å². The van der Waals surface area contributed by atoms with E-state index >= 15 is 0 Å². The van der Waals surface area contributed by atoms with E-state index in [-0.39, 0.29) is 0 Å². The number of rotatable bonds is 5. The number of unbranched alkanes of at least 4 members (excludes halogenated alkanes) is 1. The van der Waals surface area contributed by atoms with Gasteiger partial charge in [0.25, 0.3) is 0 Å². The summed E-state index contributed by atoms with van der Waals surface area (Å²) in [7, 11) is 0. The first-order valence-corrected chi connectivity index (χ1v) is 8.24. The van der Waals surface area contributed by atoms with Crippen LogP contribution in [-0.2, 0) is 6.42 Å². The zero-order chi connectivity index (χ0) is 13.7. The van der Waals surface area contributed by atoms with Crippen LogP contribution in [0.2, 0.25) is 0 Å². The van der Waals surface area contributed by atoms with Crippen LogP contribution in [0.1, 0.15) is 39.2 Å². The van der Waals surface area contributed by atoms with Crippen molar-refractivity contribution in [3.05, 3.63) is 29.8 Å². The number of aryl methyl sites for hydroxylation is 1. The summed E-state index contributed by atoms with van der Waals surface area (Å²) in [4.78, 5) is 4.72. The van der Waals surface area contributed by atoms with Crippen LogP contribution in [0.25, 0.3) is 0 Å². The lowest BCUT2D eigenvalue weighted by atomic mass is 10.1. The minimum atomic E-state index is 0.469. The lowest BCUT2D eigenvalue weighted by molar-refractivity contribution is 0.543. The number of benzene rings is 1. The summed E-state index contributed by atoms with van der Waals surface area (Å²) in [6.45, 7) is 6.71. The molecule has 0 saturated carbocycles. The first-order chi connectivity index (χ1) is 9.19. The Morgan fingerprint density at radius 1 is 1.32 bits per heavy atom. The van der Waals surface area contributed by atoms with E-state index in [1.165, 1.54) is 24.8 Å². The number of hydrogen-bond donors (Lipinski definition) is 1. The lowest BCUT2D eigenvalue weighted by Gasteiger charge is -2.08. The minimum absolute atomic E-state index is 0.469. The molecule has 0 amide bonds. The Kier molecular flexibility index (Phi) is 5.32. The van der Waals surface area contributed by atoms with Crippen molar-refractivity contribution in [3.8, 4) is 0 Å². The highest BCUT2D eigenvalue weighted by Gasteiger charge is 2.20. The second-order valence-electron chi connectivity index (χ2n) is 5.48. The van der Waals surface area contributed by atoms with E-state index in [0.29, 0.717) is 12.0 Å². The predicted octanol–water partition coefficient (Wildman–Crippen LogP) is 4.57. The molecule has 0 spiro atoms. The average Bonchev–Trinajstić information content (AvgIpc) is 2.87. The van der Waals surface area contributed by atoms with Crippen molar-refractivity contribution in [2.45, 2.75) is 46.1 Å². The van der Waals surface area contributed by atoms with Gasteiger partial charge in [-0.15, -0.1) is 0 Å². The number of thioether (sulfide) groups is 1. The summed E-state index contributed by atoms with van der Waals surface area (Å²) < 4.78 is 0. The Balaban J connectivity index is 1.91. The van der Waals surface area contributed by atoms with Gasteiger partial charge in [-0.3, -0.25) is 4.99 Å². The molecular formula is C16H24N2S. The van der Waals surface area contributed by atoms with Gasteiger partial charge in [0, 0.05) is 11.4 Å². The Morgan fingerprint density at radius 2 is 2.05 bits per heavy atom. The number of nitrogens with one attached hydrogen (secondary N) is 1. The fourth-order valence-corrected chi connectivity index (χ4v) is 3.25. The number of aliphatic imine (C=N–C) groups is 1. The molecule has 0 saturated heterocycles. The van der Waals surface area contributed by atoms with Crippen LogP contribution in [0.4, 0.5) is 5.69 Å². The molecule has 2 nitrogen and oxygen atoms in total. The van der Waals surface area contributed by atoms with Crippen molar-refractivity contribution in [3.63, 3.8) is 0 Å². The van der Waals surface area contributed by atoms with Gasteiger partial charge in [-0.2, -0.15) is 0 Å². The van der Waals surface area contributed by atoms with Gasteiger partial charge in [0.2, 0.25) is 0 Å². The standard InChI is InChI=1S/C16H24N2S/c1-4-5-6-13-7-9-14(10-8-13)17-16-18-15(11-19-16)12(2)3/h7-10,12,15H,4-6,11H2,1-3H3,(H,17,18)/t15-/m1/s1. The maximum Gasteiger partial charge on any atom is 0.161 e. The van der Waals surface area contributed by atoms with Gasteiger partial charge in [-0.25, -0.2) is 0 Å². The number of amidine groups is 1. The van der Waals surface area contributed by atoms with Crippen LogP contribution in [0.15, 0.2) is 29.3 Å². The van der Waals surface area contributed by atoms with E-state index in [0.717, 1.165) is 16.6 Å². The molecule has 104 valence electrons. The molecule has 0 bridgehead atoms. The van der Waals surface area contributed by atoms with E-state index < -0.39 is 0 Å². The third-order valence-corrected chi connectivity index (χ3v) is 4.46. The number of hydrogen-bond acceptors (Lipinski definition) is 3. The summed E-state index contributed by atoms with van der Waals surface area (Å²) in [5.41, 5.74) is 2.57. The second kappa shape index (κ2) is 6.99. The zero-order valence-electron chi connectivity index (χ0n) is 12.1. The zero-order valence-corrected chi connectivity index (χ0v) is 13.0. The summed E-state index contributed by atoms with van der Waals surface area (Å²) >= 11 is 1.83. The highest BCUT2D eigenvalue weighted by molar-refractivity contribution is 8.14. The number of anilines is 1. The molecule has 1 aromatic rings. The molecule has 0 fully saturated rings. The minimum Gasteiger partial charge on any atom is -0.335 e. The molecule has 1 aromatic carbocycles. The quantitative estimate of drug-likeness (QED) is 0.852. The molecule has 0 radical (unpaired) electrons. The van der Waals surface area contributed by atoms with Gasteiger partial charge in [-0.05, 0) is 36.5 Å². The highest BCUT2D eigenvalue weighted by atomic mass is 32.2. The van der Waals surface area contributed by atoms with Crippen LogP contribution in [-0.4, -0.2) is 17.0 Å². The summed E-state index contributed by atoms with van der Waals surface area (Å²) in [5.74, 6) is 1.73. The first-order valence-electron chi connectivity index (χ1n) is 7.25. The molecule has 2 rings (SSSR count). The van der Waals surface area contributed by atoms with Gasteiger partial charge in [-0.1, -0.05) is 51.1 Å². The van der Waals surface area contributed by atoms with E-state index in [4.69, 9.17) is 4.99 Å². The van der Waals surface area contributed by atoms with Crippen molar-refractivity contribution >= 4 is 22.6 Å². The van der Waals surface area contributed by atoms with E-state index in [2.05, 4.69) is 50.4 Å². The predicted molar refractivity (Wildman–Crippen MR) is 87.2 cm³/mol. The molecule has 1 aliphatic rings. The monoisotopic (exact) mass is 276 g/mol. The fraction of sp³-hybridized carbons (Fsp3) is 0.562. The SMILES string of the molecule is CCCCc1ccc(NC2=N[C@@H](C(C)C)CS2)cc1. The van der Waals surface area contributed by atoms with Crippen molar-refractivity contribution in [1.29, 1.82) is 0 Å². The van der Waals surface area contributed by atoms with Gasteiger partial charge in [0.05, 0.1) is 6.04 Å². The second-order valence-corrected chi connectivity index (χ2v) is 6.49. The molecular weight excluding hydrogens is 252 g/mol. The summed E-state index contributed by atoms with van der Waals surface area (Å²) in [5, 5.41) is 4.49. The lowest BCUT2D eigenvalue weighted by Crippen LogP contribution is -2.12. The summed E-state index contributed by atoms with van der Waals surface area (Å²) in [6.07, 6.45) is 3.71. The average molecular weight is 276 g/mol. The molecule has 0 aliphatic carbocycles.